The second-order valence-corrected chi connectivity index (χ2v) is 4.37. The van der Waals surface area contributed by atoms with Gasteiger partial charge in [-0.2, -0.15) is 0 Å². The largest absolute Gasteiger partial charge is 0.306 e. The smallest absolute Gasteiger partial charge is 0.00128 e. The number of likely N-dealkylation sites (tertiary alicyclic amines) is 1. The summed E-state index contributed by atoms with van der Waals surface area (Å²) in [5.74, 6) is 4.16. The highest BCUT2D eigenvalue weighted by molar-refractivity contribution is 5.05. The first-order chi connectivity index (χ1) is 4.70. The first-order valence-electron chi connectivity index (χ1n) is 4.38. The van der Waals surface area contributed by atoms with Gasteiger partial charge in [0.2, 0.25) is 0 Å². The molecule has 2 fully saturated rings. The molecule has 58 valence electrons. The Morgan fingerprint density at radius 1 is 1.20 bits per heavy atom. The molecule has 1 aliphatic carbocycles. The zero-order chi connectivity index (χ0) is 7.30. The van der Waals surface area contributed by atoms with E-state index in [1.165, 1.54) is 13.1 Å². The maximum Gasteiger partial charge on any atom is 0.00128 e. The minimum Gasteiger partial charge on any atom is -0.306 e. The molecule has 0 aromatic carbocycles. The molecule has 1 saturated heterocycles. The molecule has 2 aliphatic rings. The van der Waals surface area contributed by atoms with Crippen molar-refractivity contribution in [3.63, 3.8) is 0 Å². The number of hydrogen-bond acceptors (Lipinski definition) is 1. The van der Waals surface area contributed by atoms with Crippen LogP contribution in [0.5, 0.6) is 0 Å². The standard InChI is InChI=1S/C9H17N/c1-6(2)9-7-4-10(3)5-8(7)9/h6-9H,4-5H2,1-3H3/t7-,8+,9?. The Morgan fingerprint density at radius 3 is 2.10 bits per heavy atom. The first kappa shape index (κ1) is 6.66. The molecular weight excluding hydrogens is 122 g/mol. The van der Waals surface area contributed by atoms with Crippen molar-refractivity contribution in [1.29, 1.82) is 0 Å². The quantitative estimate of drug-likeness (QED) is 0.531. The molecular formula is C9H17N. The van der Waals surface area contributed by atoms with E-state index < -0.39 is 0 Å². The third-order valence-corrected chi connectivity index (χ3v) is 3.21. The van der Waals surface area contributed by atoms with Crippen LogP contribution in [0.15, 0.2) is 0 Å². The molecule has 0 aromatic heterocycles. The van der Waals surface area contributed by atoms with E-state index in [-0.39, 0.29) is 0 Å². The van der Waals surface area contributed by atoms with Gasteiger partial charge in [0.05, 0.1) is 0 Å². The van der Waals surface area contributed by atoms with Gasteiger partial charge < -0.3 is 4.90 Å². The Labute approximate surface area is 63.4 Å². The fourth-order valence-electron chi connectivity index (χ4n) is 2.77. The molecule has 0 spiro atoms. The second-order valence-electron chi connectivity index (χ2n) is 4.37. The molecule has 0 bridgehead atoms. The lowest BCUT2D eigenvalue weighted by Gasteiger charge is -2.14. The lowest BCUT2D eigenvalue weighted by Crippen LogP contribution is -2.20. The molecule has 0 N–H and O–H groups in total. The number of nitrogens with zero attached hydrogens (tertiary/aromatic N) is 1. The highest BCUT2D eigenvalue weighted by atomic mass is 15.2. The summed E-state index contributed by atoms with van der Waals surface area (Å²) in [6, 6.07) is 0. The van der Waals surface area contributed by atoms with Crippen molar-refractivity contribution in [1.82, 2.24) is 4.90 Å². The maximum atomic E-state index is 2.47. The molecule has 0 radical (unpaired) electrons. The summed E-state index contributed by atoms with van der Waals surface area (Å²) in [5, 5.41) is 0. The van der Waals surface area contributed by atoms with E-state index in [1.807, 2.05) is 0 Å². The van der Waals surface area contributed by atoms with Gasteiger partial charge in [-0.1, -0.05) is 13.8 Å². The lowest BCUT2D eigenvalue weighted by atomic mass is 10.1. The summed E-state index contributed by atoms with van der Waals surface area (Å²) in [4.78, 5) is 2.47. The van der Waals surface area contributed by atoms with Crippen LogP contribution in [0.3, 0.4) is 0 Å². The summed E-state index contributed by atoms with van der Waals surface area (Å²) in [6.45, 7) is 7.47. The van der Waals surface area contributed by atoms with Crippen LogP contribution in [0.2, 0.25) is 0 Å². The van der Waals surface area contributed by atoms with Crippen molar-refractivity contribution in [3.05, 3.63) is 0 Å². The van der Waals surface area contributed by atoms with Crippen molar-refractivity contribution in [2.45, 2.75) is 13.8 Å². The first-order valence-corrected chi connectivity index (χ1v) is 4.38. The lowest BCUT2D eigenvalue weighted by molar-refractivity contribution is 0.317. The predicted octanol–water partition coefficient (Wildman–Crippen LogP) is 1.45. The molecule has 1 unspecified atom stereocenters. The summed E-state index contributed by atoms with van der Waals surface area (Å²) in [5.41, 5.74) is 0. The van der Waals surface area contributed by atoms with Crippen LogP contribution in [0.4, 0.5) is 0 Å². The van der Waals surface area contributed by atoms with Gasteiger partial charge in [0.25, 0.3) is 0 Å². The molecule has 10 heavy (non-hydrogen) atoms. The predicted molar refractivity (Wildman–Crippen MR) is 42.8 cm³/mol. The van der Waals surface area contributed by atoms with Gasteiger partial charge in [0.15, 0.2) is 0 Å². The van der Waals surface area contributed by atoms with Crippen LogP contribution < -0.4 is 0 Å². The van der Waals surface area contributed by atoms with Crippen molar-refractivity contribution >= 4 is 0 Å². The number of piperidine rings is 1. The fraction of sp³-hybridized carbons (Fsp3) is 1.00. The van der Waals surface area contributed by atoms with Crippen molar-refractivity contribution in [3.8, 4) is 0 Å². The van der Waals surface area contributed by atoms with Gasteiger partial charge in [0.1, 0.15) is 0 Å². The van der Waals surface area contributed by atoms with Crippen molar-refractivity contribution < 1.29 is 0 Å². The van der Waals surface area contributed by atoms with Crippen LogP contribution in [0.1, 0.15) is 13.8 Å². The van der Waals surface area contributed by atoms with Crippen LogP contribution in [0.25, 0.3) is 0 Å². The molecule has 2 rings (SSSR count). The Balaban J connectivity index is 1.92. The minimum absolute atomic E-state index is 0.934. The van der Waals surface area contributed by atoms with Gasteiger partial charge in [-0.05, 0) is 30.7 Å². The molecule has 1 heteroatoms. The van der Waals surface area contributed by atoms with Crippen molar-refractivity contribution in [2.75, 3.05) is 20.1 Å². The molecule has 1 heterocycles. The van der Waals surface area contributed by atoms with E-state index in [0.717, 1.165) is 23.7 Å². The Morgan fingerprint density at radius 2 is 1.70 bits per heavy atom. The summed E-state index contributed by atoms with van der Waals surface area (Å²) < 4.78 is 0. The van der Waals surface area contributed by atoms with Gasteiger partial charge in [-0.15, -0.1) is 0 Å². The molecule has 1 nitrogen and oxygen atoms in total. The Bertz CT molecular complexity index is 130. The van der Waals surface area contributed by atoms with E-state index >= 15 is 0 Å². The van der Waals surface area contributed by atoms with Crippen LogP contribution in [-0.4, -0.2) is 25.0 Å². The third kappa shape index (κ3) is 0.800. The Kier molecular flexibility index (Phi) is 1.31. The summed E-state index contributed by atoms with van der Waals surface area (Å²) in [6.07, 6.45) is 0. The summed E-state index contributed by atoms with van der Waals surface area (Å²) >= 11 is 0. The molecule has 1 aliphatic heterocycles. The topological polar surface area (TPSA) is 3.24 Å². The fourth-order valence-corrected chi connectivity index (χ4v) is 2.77. The highest BCUT2D eigenvalue weighted by Crippen LogP contribution is 2.54. The average Bonchev–Trinajstić information content (AvgIpc) is 2.32. The van der Waals surface area contributed by atoms with E-state index in [1.54, 1.807) is 0 Å². The third-order valence-electron chi connectivity index (χ3n) is 3.21. The number of fused-ring (bicyclic) bond motifs is 1. The number of rotatable bonds is 1. The van der Waals surface area contributed by atoms with Gasteiger partial charge in [0, 0.05) is 13.1 Å². The van der Waals surface area contributed by atoms with E-state index in [0.29, 0.717) is 0 Å². The Hall–Kier alpha value is -0.0400. The van der Waals surface area contributed by atoms with E-state index in [2.05, 4.69) is 25.8 Å². The monoisotopic (exact) mass is 139 g/mol. The van der Waals surface area contributed by atoms with Gasteiger partial charge in [-0.3, -0.25) is 0 Å². The van der Waals surface area contributed by atoms with Crippen molar-refractivity contribution in [2.24, 2.45) is 23.7 Å². The molecule has 3 atom stereocenters. The normalized spacial score (nSPS) is 46.2. The zero-order valence-electron chi connectivity index (χ0n) is 7.17. The molecule has 1 saturated carbocycles. The van der Waals surface area contributed by atoms with Gasteiger partial charge in [-0.25, -0.2) is 0 Å². The summed E-state index contributed by atoms with van der Waals surface area (Å²) in [7, 11) is 2.24. The second kappa shape index (κ2) is 1.97. The van der Waals surface area contributed by atoms with Crippen LogP contribution in [-0.2, 0) is 0 Å². The van der Waals surface area contributed by atoms with Crippen LogP contribution in [0, 0.1) is 23.7 Å². The minimum atomic E-state index is 0.934. The van der Waals surface area contributed by atoms with Crippen LogP contribution >= 0.6 is 0 Å². The molecule has 0 amide bonds. The highest BCUT2D eigenvalue weighted by Gasteiger charge is 2.55. The maximum absolute atomic E-state index is 2.47. The van der Waals surface area contributed by atoms with Gasteiger partial charge >= 0.3 is 0 Å². The average molecular weight is 139 g/mol. The van der Waals surface area contributed by atoms with E-state index in [9.17, 15) is 0 Å². The number of hydrogen-bond donors (Lipinski definition) is 0. The SMILES string of the molecule is CC(C)C1[C@H]2CN(C)C[C@@H]12. The molecule has 0 aromatic rings. The van der Waals surface area contributed by atoms with E-state index in [4.69, 9.17) is 0 Å². The zero-order valence-corrected chi connectivity index (χ0v) is 7.17.